The van der Waals surface area contributed by atoms with Gasteiger partial charge in [0, 0.05) is 5.56 Å². The lowest BCUT2D eigenvalue weighted by atomic mass is 9.82. The maximum atomic E-state index is 12.1. The van der Waals surface area contributed by atoms with Gasteiger partial charge in [0.2, 0.25) is 0 Å². The zero-order valence-corrected chi connectivity index (χ0v) is 17.3. The highest BCUT2D eigenvalue weighted by Crippen LogP contribution is 2.58. The minimum atomic E-state index is -4.51. The van der Waals surface area contributed by atoms with E-state index in [2.05, 4.69) is 20.8 Å². The van der Waals surface area contributed by atoms with Crippen LogP contribution in [0.3, 0.4) is 0 Å². The minimum Gasteiger partial charge on any atom is -0.496 e. The summed E-state index contributed by atoms with van der Waals surface area (Å²) in [6, 6.07) is 3.50. The van der Waals surface area contributed by atoms with Gasteiger partial charge in [0.15, 0.2) is 14.4 Å². The van der Waals surface area contributed by atoms with Gasteiger partial charge in [-0.1, -0.05) is 26.8 Å². The number of aryl methyl sites for hydroxylation is 1. The predicted molar refractivity (Wildman–Crippen MR) is 95.8 cm³/mol. The van der Waals surface area contributed by atoms with Crippen LogP contribution >= 0.6 is 7.60 Å². The van der Waals surface area contributed by atoms with Gasteiger partial charge in [-0.3, -0.25) is 4.57 Å². The average molecular weight is 360 g/mol. The summed E-state index contributed by atoms with van der Waals surface area (Å²) in [6.45, 7) is 13.4. The molecule has 0 saturated carbocycles. The molecule has 1 rings (SSSR count). The zero-order valence-electron chi connectivity index (χ0n) is 15.3. The molecule has 1 atom stereocenters. The third kappa shape index (κ3) is 4.25. The van der Waals surface area contributed by atoms with Gasteiger partial charge in [0.05, 0.1) is 7.11 Å². The van der Waals surface area contributed by atoms with E-state index in [1.165, 1.54) is 6.92 Å². The summed E-state index contributed by atoms with van der Waals surface area (Å²) < 4.78 is 23.4. The van der Waals surface area contributed by atoms with Crippen LogP contribution in [0.25, 0.3) is 0 Å². The first-order valence-corrected chi connectivity index (χ1v) is 12.1. The lowest BCUT2D eigenvalue weighted by Gasteiger charge is -2.35. The molecule has 0 heterocycles. The van der Waals surface area contributed by atoms with Crippen LogP contribution in [-0.2, 0) is 19.7 Å². The molecule has 0 spiro atoms. The summed E-state index contributed by atoms with van der Waals surface area (Å²) in [7, 11) is -4.63. The Bertz CT molecular complexity index is 618. The molecule has 7 heteroatoms. The Kier molecular flexibility index (Phi) is 5.93. The molecule has 0 radical (unpaired) electrons. The van der Waals surface area contributed by atoms with Crippen molar-refractivity contribution in [1.82, 2.24) is 0 Å². The molecule has 23 heavy (non-hydrogen) atoms. The molecule has 0 aromatic heterocycles. The summed E-state index contributed by atoms with van der Waals surface area (Å²) in [5.74, 6) is 0.626. The summed E-state index contributed by atoms with van der Waals surface area (Å²) in [4.78, 5) is 19.8. The van der Waals surface area contributed by atoms with E-state index in [1.807, 2.05) is 20.0 Å². The van der Waals surface area contributed by atoms with Crippen LogP contribution in [0.15, 0.2) is 12.1 Å². The highest BCUT2D eigenvalue weighted by atomic mass is 31.2. The fraction of sp³-hybridized carbons (Fsp3) is 0.625. The summed E-state index contributed by atoms with van der Waals surface area (Å²) >= 11 is 0. The lowest BCUT2D eigenvalue weighted by Crippen LogP contribution is -2.31. The number of hydrogen-bond donors (Lipinski definition) is 2. The molecule has 0 amide bonds. The van der Waals surface area contributed by atoms with Crippen molar-refractivity contribution in [1.29, 1.82) is 0 Å². The normalized spacial score (nSPS) is 15.6. The van der Waals surface area contributed by atoms with Gasteiger partial charge < -0.3 is 18.9 Å². The van der Waals surface area contributed by atoms with Gasteiger partial charge in [0.1, 0.15) is 5.75 Å². The smallest absolute Gasteiger partial charge is 0.360 e. The van der Waals surface area contributed by atoms with Crippen molar-refractivity contribution in [3.8, 4) is 5.75 Å². The quantitative estimate of drug-likeness (QED) is 0.619. The Labute approximate surface area is 140 Å². The molecule has 0 aliphatic rings. The van der Waals surface area contributed by atoms with Crippen LogP contribution in [0.1, 0.15) is 44.4 Å². The van der Waals surface area contributed by atoms with Gasteiger partial charge in [-0.15, -0.1) is 0 Å². The number of hydrogen-bond acceptors (Lipinski definition) is 3. The molecule has 5 nitrogen and oxygen atoms in total. The van der Waals surface area contributed by atoms with Gasteiger partial charge in [-0.05, 0) is 49.5 Å². The SMILES string of the molecule is COc1cc(C(C)(O[SiH](C)C)P(=O)(O)O)cc(C)c1C(C)(C)C. The third-order valence-corrected chi connectivity index (χ3v) is 6.44. The van der Waals surface area contributed by atoms with E-state index in [0.29, 0.717) is 11.3 Å². The van der Waals surface area contributed by atoms with Crippen molar-refractivity contribution in [2.24, 2.45) is 0 Å². The largest absolute Gasteiger partial charge is 0.496 e. The fourth-order valence-electron chi connectivity index (χ4n) is 2.91. The van der Waals surface area contributed by atoms with Crippen molar-refractivity contribution in [3.05, 3.63) is 28.8 Å². The molecule has 0 aliphatic carbocycles. The van der Waals surface area contributed by atoms with Crippen LogP contribution < -0.4 is 4.74 Å². The van der Waals surface area contributed by atoms with E-state index < -0.39 is 22.0 Å². The molecule has 1 unspecified atom stereocenters. The number of rotatable bonds is 5. The molecule has 0 saturated heterocycles. The molecule has 0 bridgehead atoms. The maximum Gasteiger partial charge on any atom is 0.360 e. The summed E-state index contributed by atoms with van der Waals surface area (Å²) in [5.41, 5.74) is 2.27. The van der Waals surface area contributed by atoms with Crippen molar-refractivity contribution < 1.29 is 23.5 Å². The average Bonchev–Trinajstić information content (AvgIpc) is 2.33. The molecular weight excluding hydrogens is 331 g/mol. The highest BCUT2D eigenvalue weighted by molar-refractivity contribution is 7.53. The Morgan fingerprint density at radius 3 is 2.00 bits per heavy atom. The van der Waals surface area contributed by atoms with Crippen molar-refractivity contribution in [2.45, 2.75) is 58.5 Å². The van der Waals surface area contributed by atoms with E-state index in [4.69, 9.17) is 9.16 Å². The second-order valence-corrected chi connectivity index (χ2v) is 11.6. The molecule has 0 fully saturated rings. The predicted octanol–water partition coefficient (Wildman–Crippen LogP) is 3.65. The molecular formula is C16H29O5PSi. The first-order valence-electron chi connectivity index (χ1n) is 7.67. The number of benzene rings is 1. The monoisotopic (exact) mass is 360 g/mol. The third-order valence-electron chi connectivity index (χ3n) is 3.83. The number of methoxy groups -OCH3 is 1. The molecule has 2 N–H and O–H groups in total. The summed E-state index contributed by atoms with van der Waals surface area (Å²) in [6.07, 6.45) is 0. The Morgan fingerprint density at radius 1 is 1.13 bits per heavy atom. The van der Waals surface area contributed by atoms with Gasteiger partial charge in [-0.2, -0.15) is 0 Å². The van der Waals surface area contributed by atoms with Crippen molar-refractivity contribution in [2.75, 3.05) is 7.11 Å². The van der Waals surface area contributed by atoms with E-state index in [9.17, 15) is 14.4 Å². The first kappa shape index (κ1) is 20.4. The van der Waals surface area contributed by atoms with Gasteiger partial charge in [0.25, 0.3) is 0 Å². The second kappa shape index (κ2) is 6.69. The van der Waals surface area contributed by atoms with E-state index in [-0.39, 0.29) is 5.41 Å². The van der Waals surface area contributed by atoms with Crippen LogP contribution in [0, 0.1) is 6.92 Å². The maximum absolute atomic E-state index is 12.1. The second-order valence-electron chi connectivity index (χ2n) is 7.31. The molecule has 0 aliphatic heterocycles. The Morgan fingerprint density at radius 2 is 1.65 bits per heavy atom. The van der Waals surface area contributed by atoms with Crippen LogP contribution in [0.5, 0.6) is 5.75 Å². The highest BCUT2D eigenvalue weighted by Gasteiger charge is 2.46. The Balaban J connectivity index is 3.65. The van der Waals surface area contributed by atoms with Crippen LogP contribution in [0.2, 0.25) is 13.1 Å². The van der Waals surface area contributed by atoms with Gasteiger partial charge in [-0.25, -0.2) is 0 Å². The number of ether oxygens (including phenoxy) is 1. The van der Waals surface area contributed by atoms with Crippen molar-refractivity contribution in [3.63, 3.8) is 0 Å². The fourth-order valence-corrected chi connectivity index (χ4v) is 5.61. The first-order chi connectivity index (χ1) is 10.2. The zero-order chi connectivity index (χ0) is 18.2. The molecule has 1 aromatic rings. The molecule has 1 aromatic carbocycles. The van der Waals surface area contributed by atoms with E-state index >= 15 is 0 Å². The minimum absolute atomic E-state index is 0.139. The van der Waals surface area contributed by atoms with Gasteiger partial charge >= 0.3 is 7.60 Å². The van der Waals surface area contributed by atoms with Crippen LogP contribution in [-0.4, -0.2) is 25.9 Å². The standard InChI is InChI=1S/C16H29O5PSi/c1-11-9-12(10-13(20-6)14(11)15(2,3)4)16(5,21-23(7)8)22(17,18)19/h9-10,23H,1-8H3,(H2,17,18,19). The summed E-state index contributed by atoms with van der Waals surface area (Å²) in [5, 5.41) is -1.65. The molecule has 132 valence electrons. The van der Waals surface area contributed by atoms with Crippen molar-refractivity contribution >= 4 is 16.6 Å². The lowest BCUT2D eigenvalue weighted by molar-refractivity contribution is 0.134. The van der Waals surface area contributed by atoms with E-state index in [1.54, 1.807) is 19.2 Å². The topological polar surface area (TPSA) is 76.0 Å². The Hall–Kier alpha value is -0.653. The van der Waals surface area contributed by atoms with Crippen LogP contribution in [0.4, 0.5) is 0 Å². The van der Waals surface area contributed by atoms with E-state index in [0.717, 1.165) is 11.1 Å².